The van der Waals surface area contributed by atoms with Crippen LogP contribution in [0.15, 0.2) is 22.7 Å². The Labute approximate surface area is 96.4 Å². The van der Waals surface area contributed by atoms with Crippen molar-refractivity contribution in [3.63, 3.8) is 0 Å². The molecule has 2 rings (SSSR count). The third-order valence-electron chi connectivity index (χ3n) is 2.63. The summed E-state index contributed by atoms with van der Waals surface area (Å²) in [5, 5.41) is 0. The Hall–Kier alpha value is -1.23. The van der Waals surface area contributed by atoms with Gasteiger partial charge in [-0.2, -0.15) is 0 Å². The van der Waals surface area contributed by atoms with Crippen molar-refractivity contribution in [3.05, 3.63) is 22.7 Å². The Bertz CT molecular complexity index is 408. The van der Waals surface area contributed by atoms with E-state index in [2.05, 4.69) is 15.9 Å². The lowest BCUT2D eigenvalue weighted by molar-refractivity contribution is -0.120. The van der Waals surface area contributed by atoms with E-state index in [1.54, 1.807) is 0 Å². The molecule has 1 atom stereocenters. The normalized spacial score (nSPS) is 19.8. The number of rotatable bonds is 2. The number of amides is 1. The van der Waals surface area contributed by atoms with E-state index in [4.69, 9.17) is 11.5 Å². The molecule has 1 heterocycles. The lowest BCUT2D eigenvalue weighted by Crippen LogP contribution is -2.55. The second-order valence-electron chi connectivity index (χ2n) is 3.61. The van der Waals surface area contributed by atoms with E-state index in [0.29, 0.717) is 5.69 Å². The molecule has 4 nitrogen and oxygen atoms in total. The van der Waals surface area contributed by atoms with Gasteiger partial charge >= 0.3 is 0 Å². The summed E-state index contributed by atoms with van der Waals surface area (Å²) in [5.41, 5.74) is 12.6. The predicted octanol–water partition coefficient (Wildman–Crippen LogP) is 1.10. The molecule has 1 amide bonds. The number of hydrogen-bond acceptors (Lipinski definition) is 3. The Kier molecular flexibility index (Phi) is 2.56. The number of carbonyl (C=O) groups excluding carboxylic acids is 1. The highest BCUT2D eigenvalue weighted by Crippen LogP contribution is 2.34. The summed E-state index contributed by atoms with van der Waals surface area (Å²) in [6, 6.07) is 5.36. The Morgan fingerprint density at radius 2 is 2.27 bits per heavy atom. The van der Waals surface area contributed by atoms with E-state index in [0.717, 1.165) is 23.1 Å². The average Bonchev–Trinajstić information content (AvgIpc) is 2.06. The van der Waals surface area contributed by atoms with Crippen LogP contribution in [-0.4, -0.2) is 18.5 Å². The summed E-state index contributed by atoms with van der Waals surface area (Å²) >= 11 is 3.43. The first-order chi connectivity index (χ1) is 7.09. The van der Waals surface area contributed by atoms with E-state index in [1.807, 2.05) is 23.1 Å². The molecule has 0 saturated carbocycles. The zero-order valence-electron chi connectivity index (χ0n) is 8.11. The number of nitrogen functional groups attached to an aromatic ring is 1. The Balaban J connectivity index is 2.27. The van der Waals surface area contributed by atoms with Crippen molar-refractivity contribution in [1.29, 1.82) is 0 Å². The molecular formula is C10H12BrN3O. The molecule has 1 fully saturated rings. The summed E-state index contributed by atoms with van der Waals surface area (Å²) in [6.45, 7) is 0.857. The van der Waals surface area contributed by atoms with Crippen LogP contribution in [0.25, 0.3) is 0 Å². The summed E-state index contributed by atoms with van der Waals surface area (Å²) in [5.74, 6) is -0.273. The molecule has 1 aromatic rings. The molecule has 1 aromatic carbocycles. The minimum Gasteiger partial charge on any atom is -0.399 e. The van der Waals surface area contributed by atoms with Gasteiger partial charge in [-0.1, -0.05) is 0 Å². The first-order valence-corrected chi connectivity index (χ1v) is 5.50. The van der Waals surface area contributed by atoms with Crippen LogP contribution in [0.4, 0.5) is 11.4 Å². The van der Waals surface area contributed by atoms with Crippen LogP contribution in [-0.2, 0) is 4.79 Å². The van der Waals surface area contributed by atoms with Crippen molar-refractivity contribution >= 4 is 33.2 Å². The Morgan fingerprint density at radius 1 is 1.53 bits per heavy atom. The van der Waals surface area contributed by atoms with Gasteiger partial charge in [0.1, 0.15) is 6.04 Å². The second-order valence-corrected chi connectivity index (χ2v) is 4.47. The zero-order valence-corrected chi connectivity index (χ0v) is 9.70. The van der Waals surface area contributed by atoms with Crippen LogP contribution < -0.4 is 16.4 Å². The fraction of sp³-hybridized carbons (Fsp3) is 0.300. The van der Waals surface area contributed by atoms with Gasteiger partial charge in [0.25, 0.3) is 0 Å². The molecule has 5 heteroatoms. The van der Waals surface area contributed by atoms with Gasteiger partial charge < -0.3 is 16.4 Å². The number of nitrogens with two attached hydrogens (primary N) is 2. The number of carbonyl (C=O) groups is 1. The molecule has 4 N–H and O–H groups in total. The first-order valence-electron chi connectivity index (χ1n) is 4.70. The third kappa shape index (κ3) is 1.79. The van der Waals surface area contributed by atoms with E-state index in [9.17, 15) is 4.79 Å². The zero-order chi connectivity index (χ0) is 11.0. The lowest BCUT2D eigenvalue weighted by Gasteiger charge is -2.41. The number of halogens is 1. The summed E-state index contributed by atoms with van der Waals surface area (Å²) < 4.78 is 0.897. The molecule has 1 aliphatic heterocycles. The molecule has 80 valence electrons. The molecule has 1 saturated heterocycles. The van der Waals surface area contributed by atoms with Gasteiger partial charge in [0.15, 0.2) is 0 Å². The van der Waals surface area contributed by atoms with E-state index in [1.165, 1.54) is 0 Å². The topological polar surface area (TPSA) is 72.4 Å². The van der Waals surface area contributed by atoms with Gasteiger partial charge in [-0.3, -0.25) is 4.79 Å². The number of primary amides is 1. The first kappa shape index (κ1) is 10.3. The van der Waals surface area contributed by atoms with Crippen molar-refractivity contribution in [1.82, 2.24) is 0 Å². The van der Waals surface area contributed by atoms with Crippen LogP contribution in [0.2, 0.25) is 0 Å². The minimum absolute atomic E-state index is 0.176. The fourth-order valence-corrected chi connectivity index (χ4v) is 2.35. The third-order valence-corrected chi connectivity index (χ3v) is 3.26. The summed E-state index contributed by atoms with van der Waals surface area (Å²) in [4.78, 5) is 13.1. The lowest BCUT2D eigenvalue weighted by atomic mass is 10.0. The van der Waals surface area contributed by atoms with Gasteiger partial charge in [0.2, 0.25) is 5.91 Å². The molecule has 1 unspecified atom stereocenters. The summed E-state index contributed by atoms with van der Waals surface area (Å²) in [6.07, 6.45) is 0.826. The van der Waals surface area contributed by atoms with Crippen LogP contribution in [0.1, 0.15) is 6.42 Å². The van der Waals surface area contributed by atoms with Crippen molar-refractivity contribution in [2.45, 2.75) is 12.5 Å². The quantitative estimate of drug-likeness (QED) is 0.790. The van der Waals surface area contributed by atoms with Crippen molar-refractivity contribution in [2.75, 3.05) is 17.2 Å². The fourth-order valence-electron chi connectivity index (χ4n) is 1.73. The molecular weight excluding hydrogens is 258 g/mol. The maximum absolute atomic E-state index is 11.1. The molecule has 1 aliphatic rings. The highest BCUT2D eigenvalue weighted by molar-refractivity contribution is 9.10. The predicted molar refractivity (Wildman–Crippen MR) is 63.5 cm³/mol. The van der Waals surface area contributed by atoms with Crippen LogP contribution in [0, 0.1) is 0 Å². The number of hydrogen-bond donors (Lipinski definition) is 2. The Morgan fingerprint density at radius 3 is 2.73 bits per heavy atom. The minimum atomic E-state index is -0.273. The number of benzene rings is 1. The molecule has 15 heavy (non-hydrogen) atoms. The summed E-state index contributed by atoms with van der Waals surface area (Å²) in [7, 11) is 0. The van der Waals surface area contributed by atoms with Gasteiger partial charge in [0, 0.05) is 16.7 Å². The van der Waals surface area contributed by atoms with E-state index < -0.39 is 0 Å². The van der Waals surface area contributed by atoms with Gasteiger partial charge in [-0.25, -0.2) is 0 Å². The largest absolute Gasteiger partial charge is 0.399 e. The standard InChI is InChI=1S/C10H12BrN3O/c11-7-5-6(12)1-2-8(7)14-4-3-9(14)10(13)15/h1-2,5,9H,3-4,12H2,(H2,13,15). The van der Waals surface area contributed by atoms with Gasteiger partial charge in [0.05, 0.1) is 5.69 Å². The number of anilines is 2. The van der Waals surface area contributed by atoms with Gasteiger partial charge in [-0.15, -0.1) is 0 Å². The monoisotopic (exact) mass is 269 g/mol. The number of nitrogens with zero attached hydrogens (tertiary/aromatic N) is 1. The average molecular weight is 270 g/mol. The molecule has 0 aromatic heterocycles. The second kappa shape index (κ2) is 3.73. The van der Waals surface area contributed by atoms with Crippen LogP contribution in [0.5, 0.6) is 0 Å². The van der Waals surface area contributed by atoms with Gasteiger partial charge in [-0.05, 0) is 40.5 Å². The highest BCUT2D eigenvalue weighted by Gasteiger charge is 2.33. The molecule has 0 radical (unpaired) electrons. The molecule has 0 bridgehead atoms. The van der Waals surface area contributed by atoms with E-state index >= 15 is 0 Å². The maximum atomic E-state index is 11.1. The van der Waals surface area contributed by atoms with Crippen LogP contribution in [0.3, 0.4) is 0 Å². The van der Waals surface area contributed by atoms with E-state index in [-0.39, 0.29) is 11.9 Å². The molecule has 0 spiro atoms. The SMILES string of the molecule is NC(=O)C1CCN1c1ccc(N)cc1Br. The van der Waals surface area contributed by atoms with Crippen LogP contribution >= 0.6 is 15.9 Å². The van der Waals surface area contributed by atoms with Crippen molar-refractivity contribution in [2.24, 2.45) is 5.73 Å². The van der Waals surface area contributed by atoms with Crippen molar-refractivity contribution in [3.8, 4) is 0 Å². The highest BCUT2D eigenvalue weighted by atomic mass is 79.9. The molecule has 0 aliphatic carbocycles. The van der Waals surface area contributed by atoms with Crippen molar-refractivity contribution < 1.29 is 4.79 Å². The smallest absolute Gasteiger partial charge is 0.240 e. The maximum Gasteiger partial charge on any atom is 0.240 e.